The van der Waals surface area contributed by atoms with Crippen LogP contribution in [-0.4, -0.2) is 35.2 Å². The standard InChI is InChI=1S/C17H24ClNO2S/c1-16(21,12-22-2)11-19-15(20)17(9-3-4-10-17)13-5-7-14(18)8-6-13/h5-8,21H,3-4,9-12H2,1-2H3,(H,19,20). The van der Waals surface area contributed by atoms with Crippen LogP contribution >= 0.6 is 23.4 Å². The van der Waals surface area contributed by atoms with E-state index in [-0.39, 0.29) is 12.5 Å². The van der Waals surface area contributed by atoms with Crippen LogP contribution in [0.1, 0.15) is 38.2 Å². The summed E-state index contributed by atoms with van der Waals surface area (Å²) in [7, 11) is 0. The molecule has 1 amide bonds. The lowest BCUT2D eigenvalue weighted by molar-refractivity contribution is -0.127. The first kappa shape index (κ1) is 17.6. The van der Waals surface area contributed by atoms with Gasteiger partial charge in [0.25, 0.3) is 0 Å². The number of amides is 1. The molecule has 1 aromatic rings. The molecule has 0 aromatic heterocycles. The fourth-order valence-corrected chi connectivity index (χ4v) is 4.05. The van der Waals surface area contributed by atoms with E-state index in [9.17, 15) is 9.90 Å². The minimum absolute atomic E-state index is 0.0219. The molecule has 1 aliphatic rings. The van der Waals surface area contributed by atoms with Crippen molar-refractivity contribution in [3.8, 4) is 0 Å². The summed E-state index contributed by atoms with van der Waals surface area (Å²) in [4.78, 5) is 12.8. The van der Waals surface area contributed by atoms with Crippen LogP contribution in [0.5, 0.6) is 0 Å². The fourth-order valence-electron chi connectivity index (χ4n) is 3.20. The number of carbonyl (C=O) groups is 1. The average molecular weight is 342 g/mol. The molecule has 0 heterocycles. The molecule has 122 valence electrons. The molecule has 1 saturated carbocycles. The first-order chi connectivity index (χ1) is 10.4. The van der Waals surface area contributed by atoms with Gasteiger partial charge in [0, 0.05) is 17.3 Å². The first-order valence-electron chi connectivity index (χ1n) is 7.65. The van der Waals surface area contributed by atoms with Gasteiger partial charge in [0.05, 0.1) is 11.0 Å². The molecule has 3 nitrogen and oxygen atoms in total. The van der Waals surface area contributed by atoms with Crippen LogP contribution in [0.25, 0.3) is 0 Å². The second-order valence-corrected chi connectivity index (χ2v) is 7.71. The second kappa shape index (κ2) is 7.24. The Morgan fingerprint density at radius 1 is 1.36 bits per heavy atom. The highest BCUT2D eigenvalue weighted by molar-refractivity contribution is 7.98. The monoisotopic (exact) mass is 341 g/mol. The summed E-state index contributed by atoms with van der Waals surface area (Å²) in [5.41, 5.74) is -0.328. The molecular formula is C17H24ClNO2S. The van der Waals surface area contributed by atoms with Crippen LogP contribution in [0.4, 0.5) is 0 Å². The molecule has 0 saturated heterocycles. The van der Waals surface area contributed by atoms with Crippen molar-refractivity contribution in [2.75, 3.05) is 18.6 Å². The molecule has 0 spiro atoms. The number of aliphatic hydroxyl groups is 1. The highest BCUT2D eigenvalue weighted by Crippen LogP contribution is 2.41. The van der Waals surface area contributed by atoms with E-state index in [2.05, 4.69) is 5.32 Å². The molecule has 0 aliphatic heterocycles. The Hall–Kier alpha value is -0.710. The van der Waals surface area contributed by atoms with Gasteiger partial charge in [0.1, 0.15) is 0 Å². The SMILES string of the molecule is CSCC(C)(O)CNC(=O)C1(c2ccc(Cl)cc2)CCCC1. The van der Waals surface area contributed by atoms with Gasteiger partial charge >= 0.3 is 0 Å². The normalized spacial score (nSPS) is 19.6. The Morgan fingerprint density at radius 3 is 2.50 bits per heavy atom. The molecule has 1 aromatic carbocycles. The Labute approximate surface area is 141 Å². The molecule has 1 aliphatic carbocycles. The van der Waals surface area contributed by atoms with E-state index < -0.39 is 11.0 Å². The Balaban J connectivity index is 2.14. The molecule has 0 radical (unpaired) electrons. The van der Waals surface area contributed by atoms with Gasteiger partial charge in [-0.15, -0.1) is 0 Å². The van der Waals surface area contributed by atoms with Crippen LogP contribution < -0.4 is 5.32 Å². The third-order valence-electron chi connectivity index (χ3n) is 4.37. The maximum atomic E-state index is 12.8. The van der Waals surface area contributed by atoms with Crippen molar-refractivity contribution in [3.63, 3.8) is 0 Å². The lowest BCUT2D eigenvalue weighted by atomic mass is 9.78. The van der Waals surface area contributed by atoms with E-state index in [1.54, 1.807) is 18.7 Å². The summed E-state index contributed by atoms with van der Waals surface area (Å²) in [6.45, 7) is 2.04. The number of thioether (sulfide) groups is 1. The zero-order valence-electron chi connectivity index (χ0n) is 13.2. The zero-order valence-corrected chi connectivity index (χ0v) is 14.8. The quantitative estimate of drug-likeness (QED) is 0.834. The van der Waals surface area contributed by atoms with Gasteiger partial charge in [0.15, 0.2) is 0 Å². The maximum absolute atomic E-state index is 12.8. The van der Waals surface area contributed by atoms with E-state index >= 15 is 0 Å². The van der Waals surface area contributed by atoms with Gasteiger partial charge in [0.2, 0.25) is 5.91 Å². The topological polar surface area (TPSA) is 49.3 Å². The summed E-state index contributed by atoms with van der Waals surface area (Å²) in [6, 6.07) is 7.59. The van der Waals surface area contributed by atoms with Crippen molar-refractivity contribution in [2.45, 2.75) is 43.6 Å². The Kier molecular flexibility index (Phi) is 5.81. The highest BCUT2D eigenvalue weighted by atomic mass is 35.5. The lowest BCUT2D eigenvalue weighted by Gasteiger charge is -2.31. The predicted octanol–water partition coefficient (Wildman–Crippen LogP) is 3.38. The molecule has 2 rings (SSSR count). The fraction of sp³-hybridized carbons (Fsp3) is 0.588. The van der Waals surface area contributed by atoms with Crippen LogP contribution in [0.15, 0.2) is 24.3 Å². The van der Waals surface area contributed by atoms with Crippen molar-refractivity contribution in [1.29, 1.82) is 0 Å². The number of carbonyl (C=O) groups excluding carboxylic acids is 1. The van der Waals surface area contributed by atoms with Crippen LogP contribution in [0.2, 0.25) is 5.02 Å². The number of benzene rings is 1. The molecule has 0 bridgehead atoms. The van der Waals surface area contributed by atoms with E-state index in [0.29, 0.717) is 10.8 Å². The summed E-state index contributed by atoms with van der Waals surface area (Å²) in [6.07, 6.45) is 5.76. The number of hydrogen-bond acceptors (Lipinski definition) is 3. The van der Waals surface area contributed by atoms with Gasteiger partial charge in [-0.3, -0.25) is 4.79 Å². The summed E-state index contributed by atoms with van der Waals surface area (Å²) in [5, 5.41) is 13.9. The van der Waals surface area contributed by atoms with E-state index in [0.717, 1.165) is 31.2 Å². The molecule has 1 unspecified atom stereocenters. The number of nitrogens with one attached hydrogen (secondary N) is 1. The van der Waals surface area contributed by atoms with Crippen molar-refractivity contribution in [2.24, 2.45) is 0 Å². The highest BCUT2D eigenvalue weighted by Gasteiger charge is 2.43. The third kappa shape index (κ3) is 3.98. The van der Waals surface area contributed by atoms with Crippen molar-refractivity contribution in [3.05, 3.63) is 34.9 Å². The van der Waals surface area contributed by atoms with Crippen molar-refractivity contribution in [1.82, 2.24) is 5.32 Å². The molecule has 2 N–H and O–H groups in total. The molecule has 5 heteroatoms. The summed E-state index contributed by atoms with van der Waals surface area (Å²) >= 11 is 7.54. The van der Waals surface area contributed by atoms with E-state index in [1.807, 2.05) is 30.5 Å². The van der Waals surface area contributed by atoms with E-state index in [4.69, 9.17) is 11.6 Å². The smallest absolute Gasteiger partial charge is 0.230 e. The molecule has 1 atom stereocenters. The van der Waals surface area contributed by atoms with Gasteiger partial charge in [-0.1, -0.05) is 36.6 Å². The van der Waals surface area contributed by atoms with Crippen LogP contribution in [0.3, 0.4) is 0 Å². The van der Waals surface area contributed by atoms with Crippen molar-refractivity contribution < 1.29 is 9.90 Å². The Morgan fingerprint density at radius 2 is 1.95 bits per heavy atom. The predicted molar refractivity (Wildman–Crippen MR) is 93.6 cm³/mol. The van der Waals surface area contributed by atoms with Crippen LogP contribution in [0, 0.1) is 0 Å². The first-order valence-corrected chi connectivity index (χ1v) is 9.42. The number of rotatable bonds is 6. The van der Waals surface area contributed by atoms with Gasteiger partial charge in [-0.05, 0) is 43.7 Å². The zero-order chi connectivity index (χ0) is 16.2. The lowest BCUT2D eigenvalue weighted by Crippen LogP contribution is -2.49. The van der Waals surface area contributed by atoms with Gasteiger partial charge in [-0.2, -0.15) is 11.8 Å². The minimum Gasteiger partial charge on any atom is -0.387 e. The molecule has 22 heavy (non-hydrogen) atoms. The molecule has 1 fully saturated rings. The third-order valence-corrected chi connectivity index (χ3v) is 5.54. The molecular weight excluding hydrogens is 318 g/mol. The van der Waals surface area contributed by atoms with Gasteiger partial charge < -0.3 is 10.4 Å². The van der Waals surface area contributed by atoms with Gasteiger partial charge in [-0.25, -0.2) is 0 Å². The number of hydrogen-bond donors (Lipinski definition) is 2. The largest absolute Gasteiger partial charge is 0.387 e. The van der Waals surface area contributed by atoms with E-state index in [1.165, 1.54) is 0 Å². The minimum atomic E-state index is -0.880. The summed E-state index contributed by atoms with van der Waals surface area (Å²) in [5.74, 6) is 0.620. The van der Waals surface area contributed by atoms with Crippen LogP contribution in [-0.2, 0) is 10.2 Å². The Bertz CT molecular complexity index is 510. The van der Waals surface area contributed by atoms with Crippen molar-refractivity contribution >= 4 is 29.3 Å². The number of halogens is 1. The maximum Gasteiger partial charge on any atom is 0.230 e. The summed E-state index contributed by atoms with van der Waals surface area (Å²) < 4.78 is 0. The average Bonchev–Trinajstić information content (AvgIpc) is 2.96. The second-order valence-electron chi connectivity index (χ2n) is 6.41.